The first-order valence-corrected chi connectivity index (χ1v) is 28.3. The minimum Gasteiger partial charge on any atom is -0.166 e. The fourth-order valence-electron chi connectivity index (χ4n) is 13.6. The van der Waals surface area contributed by atoms with Crippen molar-refractivity contribution < 1.29 is 26.3 Å². The van der Waals surface area contributed by atoms with Gasteiger partial charge in [0, 0.05) is 0 Å². The van der Waals surface area contributed by atoms with E-state index in [1.54, 1.807) is 18.2 Å². The Morgan fingerprint density at radius 2 is 0.947 bits per heavy atom. The van der Waals surface area contributed by atoms with E-state index < -0.39 is 23.5 Å². The number of rotatable bonds is 12. The van der Waals surface area contributed by atoms with E-state index in [0.717, 1.165) is 143 Å². The highest BCUT2D eigenvalue weighted by Crippen LogP contribution is 2.49. The molecule has 390 valence electrons. The molecule has 6 aromatic carbocycles. The van der Waals surface area contributed by atoms with Crippen LogP contribution in [-0.4, -0.2) is 6.18 Å². The van der Waals surface area contributed by atoms with Gasteiger partial charge in [-0.3, -0.25) is 0 Å². The molecule has 0 nitrogen and oxygen atoms in total. The summed E-state index contributed by atoms with van der Waals surface area (Å²) in [5.41, 5.74) is 10.1. The Kier molecular flexibility index (Phi) is 16.2. The second-order valence-electron chi connectivity index (χ2n) is 22.3. The first kappa shape index (κ1) is 52.6. The summed E-state index contributed by atoms with van der Waals surface area (Å²) >= 11 is 0. The molecular weight excluding hydrogens is 943 g/mol. The van der Waals surface area contributed by atoms with Gasteiger partial charge in [0.05, 0.1) is 11.1 Å². The van der Waals surface area contributed by atoms with E-state index in [-0.39, 0.29) is 6.42 Å². The fraction of sp³-hybridized carbons (Fsp3) is 0.391. The molecule has 6 aromatic rings. The van der Waals surface area contributed by atoms with Crippen molar-refractivity contribution in [2.24, 2.45) is 0 Å². The third-order valence-electron chi connectivity index (χ3n) is 17.5. The van der Waals surface area contributed by atoms with Crippen LogP contribution in [-0.2, 0) is 12.6 Å². The lowest BCUT2D eigenvalue weighted by Gasteiger charge is -2.28. The van der Waals surface area contributed by atoms with Gasteiger partial charge in [0.2, 0.25) is 0 Å². The zero-order valence-corrected chi connectivity index (χ0v) is 43.5. The fourth-order valence-corrected chi connectivity index (χ4v) is 13.6. The normalized spacial score (nSPS) is 18.7. The largest absolute Gasteiger partial charge is 0.416 e. The summed E-state index contributed by atoms with van der Waals surface area (Å²) in [6, 6.07) is 36.8. The Morgan fingerprint density at radius 3 is 1.44 bits per heavy atom. The van der Waals surface area contributed by atoms with Crippen LogP contribution in [0.25, 0.3) is 45.2 Å². The Hall–Kier alpha value is -5.88. The lowest BCUT2D eigenvalue weighted by Crippen LogP contribution is -2.28. The average Bonchev–Trinajstić information content (AvgIpc) is 3.44. The highest BCUT2D eigenvalue weighted by molar-refractivity contribution is 6.12. The van der Waals surface area contributed by atoms with Crippen LogP contribution in [0.5, 0.6) is 0 Å². The second-order valence-corrected chi connectivity index (χ2v) is 22.3. The van der Waals surface area contributed by atoms with Gasteiger partial charge in [-0.1, -0.05) is 212 Å². The minimum atomic E-state index is -4.63. The SMILES string of the molecule is C=C/C=C(\C=C/Cc1c(/C(c2ccc(C3CCCCC3)cc2)=c2/ccc(C3CCCCC3)cc2=C)c(-c2ccc(C(F)(F)F)cc2)c2cc(C3CCCCC3)ccc2c1-c1ccc(C2CCCCC2)cc1)C(F)(F)F. The maximum atomic E-state index is 14.7. The van der Waals surface area contributed by atoms with Crippen molar-refractivity contribution >= 4 is 22.9 Å². The first-order valence-electron chi connectivity index (χ1n) is 28.3. The molecule has 0 N–H and O–H groups in total. The van der Waals surface area contributed by atoms with E-state index >= 15 is 0 Å². The van der Waals surface area contributed by atoms with E-state index in [1.165, 1.54) is 98.6 Å². The summed E-state index contributed by atoms with van der Waals surface area (Å²) in [5, 5.41) is 3.55. The predicted octanol–water partition coefficient (Wildman–Crippen LogP) is 19.8. The van der Waals surface area contributed by atoms with Crippen molar-refractivity contribution in [1.29, 1.82) is 0 Å². The molecule has 4 aliphatic rings. The number of benzene rings is 6. The van der Waals surface area contributed by atoms with E-state index in [2.05, 4.69) is 91.5 Å². The van der Waals surface area contributed by atoms with Crippen LogP contribution in [0.4, 0.5) is 26.3 Å². The number of halogens is 6. The number of hydrogen-bond donors (Lipinski definition) is 0. The second kappa shape index (κ2) is 23.2. The number of allylic oxidation sites excluding steroid dienone is 5. The highest BCUT2D eigenvalue weighted by Gasteiger charge is 2.33. The molecule has 0 atom stereocenters. The quantitative estimate of drug-likeness (QED) is 0.0847. The maximum absolute atomic E-state index is 14.7. The Bertz CT molecular complexity index is 3120. The Balaban J connectivity index is 1.35. The number of alkyl halides is 6. The van der Waals surface area contributed by atoms with Gasteiger partial charge in [0.1, 0.15) is 0 Å². The lowest BCUT2D eigenvalue weighted by molar-refractivity contribution is -0.137. The zero-order valence-electron chi connectivity index (χ0n) is 43.5. The average molecular weight is 1020 g/mol. The molecule has 0 spiro atoms. The van der Waals surface area contributed by atoms with Gasteiger partial charge in [0.25, 0.3) is 0 Å². The molecule has 0 bridgehead atoms. The van der Waals surface area contributed by atoms with E-state index in [4.69, 9.17) is 6.58 Å². The van der Waals surface area contributed by atoms with Gasteiger partial charge in [0.15, 0.2) is 0 Å². The highest BCUT2D eigenvalue weighted by atomic mass is 19.4. The van der Waals surface area contributed by atoms with E-state index in [1.807, 2.05) is 0 Å². The summed E-state index contributed by atoms with van der Waals surface area (Å²) in [6.07, 6.45) is 19.0. The zero-order chi connectivity index (χ0) is 52.1. The monoisotopic (exact) mass is 1010 g/mol. The molecule has 0 heterocycles. The molecule has 6 heteroatoms. The molecular formula is C69H72F6. The molecule has 4 fully saturated rings. The molecule has 0 saturated heterocycles. The van der Waals surface area contributed by atoms with Crippen molar-refractivity contribution in [3.8, 4) is 22.3 Å². The predicted molar refractivity (Wildman–Crippen MR) is 300 cm³/mol. The topological polar surface area (TPSA) is 0 Å². The molecule has 10 rings (SSSR count). The van der Waals surface area contributed by atoms with Crippen molar-refractivity contribution in [2.45, 2.75) is 171 Å². The van der Waals surface area contributed by atoms with Crippen LogP contribution < -0.4 is 10.4 Å². The van der Waals surface area contributed by atoms with Crippen molar-refractivity contribution in [3.05, 3.63) is 201 Å². The van der Waals surface area contributed by atoms with Crippen LogP contribution in [0.15, 0.2) is 146 Å². The van der Waals surface area contributed by atoms with E-state index in [0.29, 0.717) is 29.2 Å². The Labute approximate surface area is 441 Å². The summed E-state index contributed by atoms with van der Waals surface area (Å²) in [7, 11) is 0. The van der Waals surface area contributed by atoms with Crippen molar-refractivity contribution in [1.82, 2.24) is 0 Å². The molecule has 0 amide bonds. The maximum Gasteiger partial charge on any atom is 0.416 e. The van der Waals surface area contributed by atoms with Crippen LogP contribution >= 0.6 is 0 Å². The first-order chi connectivity index (χ1) is 36.4. The summed E-state index contributed by atoms with van der Waals surface area (Å²) in [4.78, 5) is 0. The van der Waals surface area contributed by atoms with Crippen LogP contribution in [0.2, 0.25) is 0 Å². The summed E-state index contributed by atoms with van der Waals surface area (Å²) in [5.74, 6) is 1.65. The van der Waals surface area contributed by atoms with Crippen LogP contribution in [0.3, 0.4) is 0 Å². The van der Waals surface area contributed by atoms with Crippen LogP contribution in [0.1, 0.15) is 197 Å². The minimum absolute atomic E-state index is 0.0872. The third kappa shape index (κ3) is 11.8. The number of fused-ring (bicyclic) bond motifs is 1. The smallest absolute Gasteiger partial charge is 0.166 e. The van der Waals surface area contributed by atoms with Crippen molar-refractivity contribution in [3.63, 3.8) is 0 Å². The number of hydrogen-bond acceptors (Lipinski definition) is 0. The molecule has 4 saturated carbocycles. The molecule has 75 heavy (non-hydrogen) atoms. The van der Waals surface area contributed by atoms with Gasteiger partial charge in [-0.05, 0) is 182 Å². The molecule has 4 aliphatic carbocycles. The van der Waals surface area contributed by atoms with Gasteiger partial charge < -0.3 is 0 Å². The standard InChI is InChI=1S/C69H72F6/c1-3-17-58(68(70,71)72)26-16-27-62-64(53-32-28-51(29-33-53)47-18-8-4-9-19-47)61-43-39-57(50-24-14-7-15-25-50)45-63(61)66(55-36-40-59(41-37-55)69(73,74)75)67(62)65(54-34-30-52(31-35-54)48-20-10-5-11-21-48)60-42-38-56(44-46(60)2)49-22-12-6-13-23-49/h3,16-17,26,28-45,47-50H,1-2,4-15,18-25,27H2/b26-16-,58-17+,65-60-. The van der Waals surface area contributed by atoms with E-state index in [9.17, 15) is 26.3 Å². The molecule has 0 aromatic heterocycles. The van der Waals surface area contributed by atoms with Crippen molar-refractivity contribution in [2.75, 3.05) is 0 Å². The molecule has 0 aliphatic heterocycles. The third-order valence-corrected chi connectivity index (χ3v) is 17.5. The summed E-state index contributed by atoms with van der Waals surface area (Å²) in [6.45, 7) is 8.42. The van der Waals surface area contributed by atoms with Gasteiger partial charge >= 0.3 is 12.4 Å². The summed E-state index contributed by atoms with van der Waals surface area (Å²) < 4.78 is 87.9. The van der Waals surface area contributed by atoms with Gasteiger partial charge in [-0.25, -0.2) is 0 Å². The van der Waals surface area contributed by atoms with Gasteiger partial charge in [-0.15, -0.1) is 0 Å². The lowest BCUT2D eigenvalue weighted by atomic mass is 9.75. The molecule has 0 unspecified atom stereocenters. The van der Waals surface area contributed by atoms with Gasteiger partial charge in [-0.2, -0.15) is 26.3 Å². The Morgan fingerprint density at radius 1 is 0.493 bits per heavy atom. The molecule has 0 radical (unpaired) electrons. The van der Waals surface area contributed by atoms with Crippen LogP contribution in [0, 0.1) is 0 Å².